The summed E-state index contributed by atoms with van der Waals surface area (Å²) in [5.74, 6) is -1.63. The van der Waals surface area contributed by atoms with E-state index >= 15 is 0 Å². The molecule has 2 aliphatic heterocycles. The van der Waals surface area contributed by atoms with Gasteiger partial charge in [0.25, 0.3) is 5.91 Å². The Hall–Kier alpha value is -2.88. The van der Waals surface area contributed by atoms with Crippen molar-refractivity contribution in [1.82, 2.24) is 4.90 Å². The van der Waals surface area contributed by atoms with Gasteiger partial charge in [0, 0.05) is 26.2 Å². The minimum absolute atomic E-state index is 0.0606. The van der Waals surface area contributed by atoms with Crippen LogP contribution >= 0.6 is 0 Å². The summed E-state index contributed by atoms with van der Waals surface area (Å²) in [5, 5.41) is 8.89. The number of ether oxygens (including phenoxy) is 1. The number of amides is 3. The standard InChI is InChI=1S/C16H19FN4O5/c17-11-7-10(21-8-13(15(18)24)26-16(21)25)1-2-12(11)19-3-5-20(6-4-19)14(23)9-22/h1-2,7,13,22H,3-6,8-9H2,(H2,18,24). The Morgan fingerprint density at radius 3 is 2.50 bits per heavy atom. The number of cyclic esters (lactones) is 1. The third kappa shape index (κ3) is 3.40. The minimum Gasteiger partial charge on any atom is -0.434 e. The van der Waals surface area contributed by atoms with Gasteiger partial charge in [-0.1, -0.05) is 0 Å². The molecule has 2 heterocycles. The highest BCUT2D eigenvalue weighted by Crippen LogP contribution is 2.28. The first-order valence-electron chi connectivity index (χ1n) is 8.11. The average molecular weight is 366 g/mol. The van der Waals surface area contributed by atoms with Crippen LogP contribution in [-0.4, -0.2) is 73.3 Å². The molecule has 2 saturated heterocycles. The Morgan fingerprint density at radius 1 is 1.27 bits per heavy atom. The van der Waals surface area contributed by atoms with E-state index in [1.54, 1.807) is 17.0 Å². The number of hydrogen-bond acceptors (Lipinski definition) is 6. The summed E-state index contributed by atoms with van der Waals surface area (Å²) in [6.07, 6.45) is -1.81. The lowest BCUT2D eigenvalue weighted by molar-refractivity contribution is -0.134. The number of benzene rings is 1. The van der Waals surface area contributed by atoms with Crippen molar-refractivity contribution in [1.29, 1.82) is 0 Å². The van der Waals surface area contributed by atoms with Crippen molar-refractivity contribution in [3.63, 3.8) is 0 Å². The molecule has 26 heavy (non-hydrogen) atoms. The van der Waals surface area contributed by atoms with Gasteiger partial charge in [0.15, 0.2) is 6.10 Å². The third-order valence-electron chi connectivity index (χ3n) is 4.48. The Bertz CT molecular complexity index is 735. The number of hydrogen-bond donors (Lipinski definition) is 2. The number of carbonyl (C=O) groups excluding carboxylic acids is 3. The highest BCUT2D eigenvalue weighted by molar-refractivity contribution is 5.95. The molecule has 0 spiro atoms. The molecule has 1 atom stereocenters. The average Bonchev–Trinajstić information content (AvgIpc) is 3.03. The second-order valence-corrected chi connectivity index (χ2v) is 6.05. The maximum Gasteiger partial charge on any atom is 0.415 e. The van der Waals surface area contributed by atoms with E-state index in [1.165, 1.54) is 11.0 Å². The summed E-state index contributed by atoms with van der Waals surface area (Å²) >= 11 is 0. The maximum atomic E-state index is 14.6. The Morgan fingerprint density at radius 2 is 1.96 bits per heavy atom. The highest BCUT2D eigenvalue weighted by Gasteiger charge is 2.36. The first-order chi connectivity index (χ1) is 12.4. The van der Waals surface area contributed by atoms with Crippen molar-refractivity contribution in [2.24, 2.45) is 5.73 Å². The number of anilines is 2. The molecular weight excluding hydrogens is 347 g/mol. The number of carbonyl (C=O) groups is 3. The van der Waals surface area contributed by atoms with Gasteiger partial charge in [-0.25, -0.2) is 9.18 Å². The highest BCUT2D eigenvalue weighted by atomic mass is 19.1. The zero-order valence-electron chi connectivity index (χ0n) is 13.9. The molecule has 2 fully saturated rings. The Kier molecular flexibility index (Phi) is 4.94. The maximum absolute atomic E-state index is 14.6. The van der Waals surface area contributed by atoms with Crippen LogP contribution in [0, 0.1) is 5.82 Å². The summed E-state index contributed by atoms with van der Waals surface area (Å²) in [6, 6.07) is 4.30. The van der Waals surface area contributed by atoms with Gasteiger partial charge in [0.05, 0.1) is 17.9 Å². The number of aliphatic hydroxyl groups is 1. The van der Waals surface area contributed by atoms with Gasteiger partial charge in [-0.05, 0) is 18.2 Å². The lowest BCUT2D eigenvalue weighted by atomic mass is 10.2. The van der Waals surface area contributed by atoms with Crippen LogP contribution < -0.4 is 15.5 Å². The van der Waals surface area contributed by atoms with Crippen LogP contribution in [0.2, 0.25) is 0 Å². The van der Waals surface area contributed by atoms with E-state index < -0.39 is 30.5 Å². The van der Waals surface area contributed by atoms with Crippen LogP contribution in [0.25, 0.3) is 0 Å². The largest absolute Gasteiger partial charge is 0.434 e. The Labute approximate surface area is 148 Å². The summed E-state index contributed by atoms with van der Waals surface area (Å²) < 4.78 is 19.4. The molecule has 0 saturated carbocycles. The molecule has 140 valence electrons. The molecule has 0 aromatic heterocycles. The van der Waals surface area contributed by atoms with Crippen LogP contribution in [-0.2, 0) is 14.3 Å². The molecule has 10 heteroatoms. The smallest absolute Gasteiger partial charge is 0.415 e. The SMILES string of the molecule is NC(=O)C1CN(c2ccc(N3CCN(C(=O)CO)CC3)c(F)c2)C(=O)O1. The molecular formula is C16H19FN4O5. The molecule has 0 aliphatic carbocycles. The predicted molar refractivity (Wildman–Crippen MR) is 89.1 cm³/mol. The summed E-state index contributed by atoms with van der Waals surface area (Å²) in [7, 11) is 0. The van der Waals surface area contributed by atoms with Crippen molar-refractivity contribution >= 4 is 29.3 Å². The summed E-state index contributed by atoms with van der Waals surface area (Å²) in [5.41, 5.74) is 5.75. The monoisotopic (exact) mass is 366 g/mol. The fourth-order valence-corrected chi connectivity index (χ4v) is 3.04. The normalized spacial score (nSPS) is 20.3. The fourth-order valence-electron chi connectivity index (χ4n) is 3.04. The second-order valence-electron chi connectivity index (χ2n) is 6.05. The molecule has 1 aromatic carbocycles. The zero-order valence-corrected chi connectivity index (χ0v) is 13.9. The molecule has 9 nitrogen and oxygen atoms in total. The number of primary amides is 1. The van der Waals surface area contributed by atoms with Gasteiger partial charge < -0.3 is 25.4 Å². The van der Waals surface area contributed by atoms with Crippen molar-refractivity contribution in [2.45, 2.75) is 6.10 Å². The van der Waals surface area contributed by atoms with Gasteiger partial charge in [-0.3, -0.25) is 14.5 Å². The molecule has 0 bridgehead atoms. The molecule has 1 aromatic rings. The molecule has 3 N–H and O–H groups in total. The van der Waals surface area contributed by atoms with E-state index in [0.29, 0.717) is 31.9 Å². The van der Waals surface area contributed by atoms with Crippen LogP contribution in [0.5, 0.6) is 0 Å². The third-order valence-corrected chi connectivity index (χ3v) is 4.48. The lowest BCUT2D eigenvalue weighted by Crippen LogP contribution is -2.49. The minimum atomic E-state index is -1.05. The van der Waals surface area contributed by atoms with Crippen molar-refractivity contribution in [3.05, 3.63) is 24.0 Å². The van der Waals surface area contributed by atoms with Crippen molar-refractivity contribution in [3.8, 4) is 0 Å². The van der Waals surface area contributed by atoms with E-state index in [4.69, 9.17) is 15.6 Å². The molecule has 1 unspecified atom stereocenters. The van der Waals surface area contributed by atoms with E-state index in [9.17, 15) is 18.8 Å². The van der Waals surface area contributed by atoms with E-state index in [0.717, 1.165) is 4.90 Å². The molecule has 0 radical (unpaired) electrons. The number of halogens is 1. The first-order valence-corrected chi connectivity index (χ1v) is 8.11. The second kappa shape index (κ2) is 7.16. The summed E-state index contributed by atoms with van der Waals surface area (Å²) in [4.78, 5) is 38.9. The molecule has 3 rings (SSSR count). The topological polar surface area (TPSA) is 116 Å². The van der Waals surface area contributed by atoms with Crippen LogP contribution in [0.4, 0.5) is 20.6 Å². The number of nitrogens with two attached hydrogens (primary N) is 1. The quantitative estimate of drug-likeness (QED) is 0.726. The first kappa shape index (κ1) is 17.9. The summed E-state index contributed by atoms with van der Waals surface area (Å²) in [6.45, 7) is 1.03. The van der Waals surface area contributed by atoms with Gasteiger partial charge in [0.2, 0.25) is 5.91 Å². The Balaban J connectivity index is 1.70. The van der Waals surface area contributed by atoms with Gasteiger partial charge in [0.1, 0.15) is 12.4 Å². The number of piperazine rings is 1. The van der Waals surface area contributed by atoms with E-state index in [1.807, 2.05) is 0 Å². The number of rotatable bonds is 4. The molecule has 3 amide bonds. The number of nitrogens with zero attached hydrogens (tertiary/aromatic N) is 3. The van der Waals surface area contributed by atoms with Crippen LogP contribution in [0.15, 0.2) is 18.2 Å². The zero-order chi connectivity index (χ0) is 18.8. The van der Waals surface area contributed by atoms with Crippen LogP contribution in [0.3, 0.4) is 0 Å². The number of aliphatic hydroxyl groups excluding tert-OH is 1. The van der Waals surface area contributed by atoms with Gasteiger partial charge in [-0.15, -0.1) is 0 Å². The molecule has 2 aliphatic rings. The van der Waals surface area contributed by atoms with Crippen LogP contribution in [0.1, 0.15) is 0 Å². The van der Waals surface area contributed by atoms with E-state index in [-0.39, 0.29) is 18.1 Å². The van der Waals surface area contributed by atoms with Crippen molar-refractivity contribution in [2.75, 3.05) is 49.1 Å². The van der Waals surface area contributed by atoms with E-state index in [2.05, 4.69) is 0 Å². The lowest BCUT2D eigenvalue weighted by Gasteiger charge is -2.36. The van der Waals surface area contributed by atoms with Gasteiger partial charge in [-0.2, -0.15) is 0 Å². The van der Waals surface area contributed by atoms with Gasteiger partial charge >= 0.3 is 6.09 Å². The fraction of sp³-hybridized carbons (Fsp3) is 0.438. The van der Waals surface area contributed by atoms with Crippen molar-refractivity contribution < 1.29 is 28.6 Å². The predicted octanol–water partition coefficient (Wildman–Crippen LogP) is -0.723.